The molecule has 1 aromatic carbocycles. The number of fused-ring (bicyclic) bond motifs is 2. The number of morpholine rings is 1. The second-order valence-corrected chi connectivity index (χ2v) is 11.3. The first-order chi connectivity index (χ1) is 18.3. The molecule has 0 spiro atoms. The average molecular weight is 607 g/mol. The quantitative estimate of drug-likeness (QED) is 0.466. The van der Waals surface area contributed by atoms with Gasteiger partial charge in [0.1, 0.15) is 11.9 Å². The van der Waals surface area contributed by atoms with Gasteiger partial charge in [0.2, 0.25) is 5.91 Å². The van der Waals surface area contributed by atoms with Gasteiger partial charge in [-0.2, -0.15) is 0 Å². The molecule has 2 aromatic rings. The molecule has 0 aliphatic carbocycles. The summed E-state index contributed by atoms with van der Waals surface area (Å²) in [5, 5.41) is 8.99. The minimum atomic E-state index is -0.729. The van der Waals surface area contributed by atoms with E-state index in [1.165, 1.54) is 30.4 Å². The number of hydrogen-bond donors (Lipinski definition) is 2. The first-order valence-electron chi connectivity index (χ1n) is 12.5. The third-order valence-corrected chi connectivity index (χ3v) is 8.40. The predicted molar refractivity (Wildman–Crippen MR) is 144 cm³/mol. The molecule has 0 radical (unpaired) electrons. The highest BCUT2D eigenvalue weighted by Gasteiger charge is 2.42. The third kappa shape index (κ3) is 5.68. The lowest BCUT2D eigenvalue weighted by Crippen LogP contribution is -2.61. The molecule has 9 nitrogen and oxygen atoms in total. The van der Waals surface area contributed by atoms with Crippen LogP contribution in [0.15, 0.2) is 50.5 Å². The van der Waals surface area contributed by atoms with Crippen molar-refractivity contribution in [1.29, 1.82) is 0 Å². The van der Waals surface area contributed by atoms with Crippen molar-refractivity contribution in [1.82, 2.24) is 20.5 Å². The number of aromatic nitrogens is 1. The van der Waals surface area contributed by atoms with E-state index in [4.69, 9.17) is 14.5 Å². The number of thiazole rings is 1. The number of carbonyl (C=O) groups excluding carboxylic acids is 2. The number of benzene rings is 1. The summed E-state index contributed by atoms with van der Waals surface area (Å²) >= 11 is 4.91. The van der Waals surface area contributed by atoms with Gasteiger partial charge in [0, 0.05) is 53.3 Å². The van der Waals surface area contributed by atoms with Gasteiger partial charge in [-0.05, 0) is 37.5 Å². The minimum absolute atomic E-state index is 0.0410. The summed E-state index contributed by atoms with van der Waals surface area (Å²) in [6.07, 6.45) is 3.20. The SMILES string of the molecule is CCOC(=O)C1=C(CN2[C@@H]3COC[C@H]2CC(NC(C)=O)C3)NC(c2nccs2)=N[C@H]1c1ccc(F)cc1Br. The van der Waals surface area contributed by atoms with Crippen LogP contribution in [0.2, 0.25) is 0 Å². The Morgan fingerprint density at radius 3 is 2.71 bits per heavy atom. The number of carbonyl (C=O) groups is 2. The molecule has 38 heavy (non-hydrogen) atoms. The highest BCUT2D eigenvalue weighted by Crippen LogP contribution is 2.38. The predicted octanol–water partition coefficient (Wildman–Crippen LogP) is 3.32. The van der Waals surface area contributed by atoms with Crippen LogP contribution < -0.4 is 10.6 Å². The Morgan fingerprint density at radius 1 is 1.32 bits per heavy atom. The molecule has 1 aromatic heterocycles. The Balaban J connectivity index is 1.55. The molecule has 1 unspecified atom stereocenters. The number of esters is 1. The fourth-order valence-corrected chi connectivity index (χ4v) is 6.56. The lowest BCUT2D eigenvalue weighted by Gasteiger charge is -2.49. The van der Waals surface area contributed by atoms with Crippen LogP contribution in [0.25, 0.3) is 0 Å². The normalized spacial score (nSPS) is 25.4. The van der Waals surface area contributed by atoms with Crippen LogP contribution in [0, 0.1) is 5.82 Å². The van der Waals surface area contributed by atoms with Gasteiger partial charge in [-0.3, -0.25) is 14.7 Å². The number of nitrogens with zero attached hydrogens (tertiary/aromatic N) is 3. The van der Waals surface area contributed by atoms with E-state index in [0.29, 0.717) is 51.9 Å². The number of nitrogens with one attached hydrogen (secondary N) is 2. The van der Waals surface area contributed by atoms with Gasteiger partial charge < -0.3 is 20.1 Å². The zero-order chi connectivity index (χ0) is 26.8. The number of halogens is 2. The highest BCUT2D eigenvalue weighted by atomic mass is 79.9. The van der Waals surface area contributed by atoms with Crippen LogP contribution in [-0.2, 0) is 19.1 Å². The van der Waals surface area contributed by atoms with Gasteiger partial charge in [-0.25, -0.2) is 14.2 Å². The fraction of sp³-hybridized carbons (Fsp3) is 0.462. The molecule has 3 aliphatic rings. The molecule has 2 N–H and O–H groups in total. The van der Waals surface area contributed by atoms with E-state index in [1.807, 2.05) is 5.38 Å². The highest BCUT2D eigenvalue weighted by molar-refractivity contribution is 9.10. The summed E-state index contributed by atoms with van der Waals surface area (Å²) in [5.74, 6) is -0.373. The summed E-state index contributed by atoms with van der Waals surface area (Å²) < 4.78 is 25.9. The van der Waals surface area contributed by atoms with E-state index in [9.17, 15) is 14.0 Å². The zero-order valence-corrected chi connectivity index (χ0v) is 23.5. The molecule has 202 valence electrons. The molecule has 0 saturated carbocycles. The van der Waals surface area contributed by atoms with Crippen molar-refractivity contribution in [3.63, 3.8) is 0 Å². The number of piperidine rings is 1. The Morgan fingerprint density at radius 2 is 2.08 bits per heavy atom. The number of aliphatic imine (C=N–C) groups is 1. The maximum atomic E-state index is 14.0. The Kier molecular flexibility index (Phi) is 8.22. The summed E-state index contributed by atoms with van der Waals surface area (Å²) in [4.78, 5) is 36.8. The van der Waals surface area contributed by atoms with E-state index in [0.717, 1.165) is 12.8 Å². The smallest absolute Gasteiger partial charge is 0.338 e. The fourth-order valence-electron chi connectivity index (χ4n) is 5.40. The molecule has 4 atom stereocenters. The summed E-state index contributed by atoms with van der Waals surface area (Å²) in [6.45, 7) is 5.00. The van der Waals surface area contributed by atoms with Crippen molar-refractivity contribution in [3.05, 3.63) is 61.9 Å². The van der Waals surface area contributed by atoms with E-state index in [2.05, 4.69) is 36.4 Å². The van der Waals surface area contributed by atoms with Crippen LogP contribution in [0.1, 0.15) is 43.3 Å². The molecule has 4 heterocycles. The lowest BCUT2D eigenvalue weighted by molar-refractivity contribution is -0.139. The summed E-state index contributed by atoms with van der Waals surface area (Å²) in [5.41, 5.74) is 1.69. The zero-order valence-electron chi connectivity index (χ0n) is 21.1. The Hall–Kier alpha value is -2.67. The minimum Gasteiger partial charge on any atom is -0.463 e. The van der Waals surface area contributed by atoms with Crippen molar-refractivity contribution in [2.24, 2.45) is 4.99 Å². The maximum Gasteiger partial charge on any atom is 0.338 e. The van der Waals surface area contributed by atoms with Gasteiger partial charge >= 0.3 is 5.97 Å². The molecular weight excluding hydrogens is 577 g/mol. The summed E-state index contributed by atoms with van der Waals surface area (Å²) in [6, 6.07) is 3.84. The van der Waals surface area contributed by atoms with Crippen molar-refractivity contribution in [2.75, 3.05) is 26.4 Å². The average Bonchev–Trinajstić information content (AvgIpc) is 3.39. The van der Waals surface area contributed by atoms with E-state index >= 15 is 0 Å². The molecule has 5 rings (SSSR count). The number of amidine groups is 1. The molecule has 1 amide bonds. The third-order valence-electron chi connectivity index (χ3n) is 6.93. The number of rotatable bonds is 7. The van der Waals surface area contributed by atoms with Gasteiger partial charge in [0.15, 0.2) is 10.8 Å². The standard InChI is InChI=1S/C26H29BrFN5O4S/c1-3-37-26(35)22-21(11-33-17-9-16(30-14(2)34)10-18(33)13-36-12-17)31-24(25-29-6-7-38-25)32-23(22)19-5-4-15(28)8-20(19)27/h4-8,16-18,23H,3,9-13H2,1-2H3,(H,30,34)(H,31,32)/t16?,17-,18+,23-/m0/s1. The number of ether oxygens (including phenoxy) is 2. The van der Waals surface area contributed by atoms with Gasteiger partial charge in [0.05, 0.1) is 25.4 Å². The van der Waals surface area contributed by atoms with Crippen molar-refractivity contribution < 1.29 is 23.5 Å². The molecule has 12 heteroatoms. The van der Waals surface area contributed by atoms with Crippen molar-refractivity contribution in [2.45, 2.75) is 50.9 Å². The molecule has 2 saturated heterocycles. The molecule has 2 bridgehead atoms. The van der Waals surface area contributed by atoms with Crippen molar-refractivity contribution >= 4 is 45.0 Å². The first-order valence-corrected chi connectivity index (χ1v) is 14.2. The summed E-state index contributed by atoms with van der Waals surface area (Å²) in [7, 11) is 0. The van der Waals surface area contributed by atoms with E-state index in [1.54, 1.807) is 19.2 Å². The second-order valence-electron chi connectivity index (χ2n) is 9.51. The number of amides is 1. The topological polar surface area (TPSA) is 105 Å². The largest absolute Gasteiger partial charge is 0.463 e. The van der Waals surface area contributed by atoms with Gasteiger partial charge in [0.25, 0.3) is 0 Å². The Labute approximate surface area is 232 Å². The van der Waals surface area contributed by atoms with Gasteiger partial charge in [-0.1, -0.05) is 22.0 Å². The first kappa shape index (κ1) is 26.9. The van der Waals surface area contributed by atoms with Crippen molar-refractivity contribution in [3.8, 4) is 0 Å². The van der Waals surface area contributed by atoms with E-state index < -0.39 is 17.8 Å². The maximum absolute atomic E-state index is 14.0. The van der Waals surface area contributed by atoms with Crippen LogP contribution in [0.4, 0.5) is 4.39 Å². The molecule has 2 fully saturated rings. The van der Waals surface area contributed by atoms with Gasteiger partial charge in [-0.15, -0.1) is 11.3 Å². The van der Waals surface area contributed by atoms with Crippen LogP contribution in [0.5, 0.6) is 0 Å². The van der Waals surface area contributed by atoms with Crippen LogP contribution in [-0.4, -0.2) is 72.1 Å². The molecular formula is C26H29BrFN5O4S. The van der Waals surface area contributed by atoms with E-state index in [-0.39, 0.29) is 30.6 Å². The number of hydrogen-bond acceptors (Lipinski definition) is 9. The second kappa shape index (κ2) is 11.6. The van der Waals surface area contributed by atoms with Crippen LogP contribution in [0.3, 0.4) is 0 Å². The Bertz CT molecular complexity index is 1260. The lowest BCUT2D eigenvalue weighted by atomic mass is 9.88. The molecule has 3 aliphatic heterocycles. The monoisotopic (exact) mass is 605 g/mol. The van der Waals surface area contributed by atoms with Crippen LogP contribution >= 0.6 is 27.3 Å².